The third-order valence-corrected chi connectivity index (χ3v) is 1.91. The molecule has 1 N–H and O–H groups in total. The first-order valence-corrected chi connectivity index (χ1v) is 3.74. The van der Waals surface area contributed by atoms with Crippen molar-refractivity contribution in [3.8, 4) is 5.75 Å². The minimum atomic E-state index is 0.0107. The van der Waals surface area contributed by atoms with Gasteiger partial charge in [0.05, 0.1) is 5.02 Å². The first-order valence-electron chi connectivity index (χ1n) is 3.36. The number of halogens is 1. The van der Waals surface area contributed by atoms with E-state index < -0.39 is 0 Å². The lowest BCUT2D eigenvalue weighted by atomic mass is 10.2. The van der Waals surface area contributed by atoms with Gasteiger partial charge in [0.1, 0.15) is 11.8 Å². The predicted molar refractivity (Wildman–Crippen MR) is 46.2 cm³/mol. The zero-order chi connectivity index (χ0) is 8.55. The summed E-state index contributed by atoms with van der Waals surface area (Å²) in [6, 6.07) is 3.37. The summed E-state index contributed by atoms with van der Waals surface area (Å²) in [6.07, 6.45) is 3.00. The molecule has 1 aromatic heterocycles. The molecule has 0 aliphatic carbocycles. The highest BCUT2D eigenvalue weighted by atomic mass is 35.5. The molecule has 12 heavy (non-hydrogen) atoms. The van der Waals surface area contributed by atoms with Gasteiger partial charge >= 0.3 is 0 Å². The van der Waals surface area contributed by atoms with Crippen molar-refractivity contribution in [2.24, 2.45) is 0 Å². The quantitative estimate of drug-likeness (QED) is 0.675. The van der Waals surface area contributed by atoms with Crippen LogP contribution in [0, 0.1) is 0 Å². The Bertz CT molecular complexity index is 430. The summed E-state index contributed by atoms with van der Waals surface area (Å²) in [5, 5.41) is 10.5. The number of benzene rings is 1. The molecule has 0 bridgehead atoms. The normalized spacial score (nSPS) is 10.4. The fourth-order valence-corrected chi connectivity index (χ4v) is 1.17. The number of hydrogen-bond acceptors (Lipinski definition) is 3. The third-order valence-electron chi connectivity index (χ3n) is 1.60. The molecule has 0 amide bonds. The first-order chi connectivity index (χ1) is 5.79. The van der Waals surface area contributed by atoms with Gasteiger partial charge in [0.2, 0.25) is 0 Å². The van der Waals surface area contributed by atoms with E-state index in [9.17, 15) is 5.11 Å². The molecule has 0 saturated carbocycles. The molecule has 0 atom stereocenters. The van der Waals surface area contributed by atoms with E-state index >= 15 is 0 Å². The third kappa shape index (κ3) is 0.987. The van der Waals surface area contributed by atoms with Crippen LogP contribution in [-0.2, 0) is 0 Å². The molecule has 0 radical (unpaired) electrons. The lowest BCUT2D eigenvalue weighted by molar-refractivity contribution is 0.480. The van der Waals surface area contributed by atoms with Crippen LogP contribution in [0.25, 0.3) is 10.9 Å². The van der Waals surface area contributed by atoms with Gasteiger partial charge in [-0.25, -0.2) is 9.97 Å². The molecule has 4 heteroatoms. The van der Waals surface area contributed by atoms with Crippen LogP contribution in [0.15, 0.2) is 24.7 Å². The standard InChI is InChI=1S/C8H5ClN2O/c9-6-2-1-5-3-10-4-11-7(5)8(6)12/h1-4,12H. The molecule has 1 heterocycles. The highest BCUT2D eigenvalue weighted by molar-refractivity contribution is 6.33. The second-order valence-electron chi connectivity index (χ2n) is 2.36. The lowest BCUT2D eigenvalue weighted by Gasteiger charge is -1.99. The molecule has 0 saturated heterocycles. The average molecular weight is 181 g/mol. The number of phenolic OH excluding ortho intramolecular Hbond substituents is 1. The topological polar surface area (TPSA) is 46.0 Å². The number of phenols is 1. The van der Waals surface area contributed by atoms with Gasteiger partial charge in [-0.3, -0.25) is 0 Å². The Kier molecular flexibility index (Phi) is 1.59. The Labute approximate surface area is 73.6 Å². The summed E-state index contributed by atoms with van der Waals surface area (Å²) in [5.41, 5.74) is 0.484. The maximum Gasteiger partial charge on any atom is 0.160 e. The molecule has 60 valence electrons. The van der Waals surface area contributed by atoms with Crippen molar-refractivity contribution < 1.29 is 5.11 Å². The summed E-state index contributed by atoms with van der Waals surface area (Å²) in [6.45, 7) is 0. The summed E-state index contributed by atoms with van der Waals surface area (Å²) in [5.74, 6) is 0.0107. The zero-order valence-electron chi connectivity index (χ0n) is 6.03. The first kappa shape index (κ1) is 7.31. The highest BCUT2D eigenvalue weighted by Gasteiger charge is 2.04. The van der Waals surface area contributed by atoms with Gasteiger partial charge in [-0.1, -0.05) is 11.6 Å². The largest absolute Gasteiger partial charge is 0.504 e. The van der Waals surface area contributed by atoms with Gasteiger partial charge in [0.15, 0.2) is 5.75 Å². The highest BCUT2D eigenvalue weighted by Crippen LogP contribution is 2.29. The Morgan fingerprint density at radius 2 is 2.17 bits per heavy atom. The van der Waals surface area contributed by atoms with Crippen LogP contribution < -0.4 is 0 Å². The molecule has 0 spiro atoms. The summed E-state index contributed by atoms with van der Waals surface area (Å²) >= 11 is 5.68. The van der Waals surface area contributed by atoms with Crippen LogP contribution in [-0.4, -0.2) is 15.1 Å². The van der Waals surface area contributed by atoms with Crippen LogP contribution in [0.1, 0.15) is 0 Å². The van der Waals surface area contributed by atoms with Crippen molar-refractivity contribution in [2.75, 3.05) is 0 Å². The maximum atomic E-state index is 9.44. The minimum absolute atomic E-state index is 0.0107. The Morgan fingerprint density at radius 3 is 3.00 bits per heavy atom. The van der Waals surface area contributed by atoms with Gasteiger partial charge in [0, 0.05) is 11.6 Å². The van der Waals surface area contributed by atoms with Crippen molar-refractivity contribution in [1.82, 2.24) is 9.97 Å². The fraction of sp³-hybridized carbons (Fsp3) is 0. The molecule has 0 aliphatic rings. The molecule has 2 aromatic rings. The van der Waals surface area contributed by atoms with Crippen molar-refractivity contribution in [3.05, 3.63) is 29.7 Å². The van der Waals surface area contributed by atoms with Gasteiger partial charge in [-0.05, 0) is 12.1 Å². The van der Waals surface area contributed by atoms with Crippen LogP contribution >= 0.6 is 11.6 Å². The molecular formula is C8H5ClN2O. The Hall–Kier alpha value is -1.35. The number of hydrogen-bond donors (Lipinski definition) is 1. The van der Waals surface area contributed by atoms with E-state index in [1.54, 1.807) is 18.3 Å². The van der Waals surface area contributed by atoms with Crippen molar-refractivity contribution >= 4 is 22.5 Å². The number of aromatic hydroxyl groups is 1. The number of fused-ring (bicyclic) bond motifs is 1. The molecule has 0 fully saturated rings. The van der Waals surface area contributed by atoms with Crippen molar-refractivity contribution in [3.63, 3.8) is 0 Å². The fourth-order valence-electron chi connectivity index (χ4n) is 1.02. The lowest BCUT2D eigenvalue weighted by Crippen LogP contribution is -1.81. The van der Waals surface area contributed by atoms with Gasteiger partial charge in [-0.15, -0.1) is 0 Å². The molecular weight excluding hydrogens is 176 g/mol. The molecule has 3 nitrogen and oxygen atoms in total. The monoisotopic (exact) mass is 180 g/mol. The average Bonchev–Trinajstić information content (AvgIpc) is 2.12. The van der Waals surface area contributed by atoms with E-state index in [0.717, 1.165) is 5.39 Å². The maximum absolute atomic E-state index is 9.44. The van der Waals surface area contributed by atoms with Crippen LogP contribution in [0.5, 0.6) is 5.75 Å². The van der Waals surface area contributed by atoms with Gasteiger partial charge in [0.25, 0.3) is 0 Å². The van der Waals surface area contributed by atoms with Crippen molar-refractivity contribution in [1.29, 1.82) is 0 Å². The second kappa shape index (κ2) is 2.60. The number of aromatic nitrogens is 2. The Morgan fingerprint density at radius 1 is 1.33 bits per heavy atom. The van der Waals surface area contributed by atoms with E-state index in [1.165, 1.54) is 6.33 Å². The number of nitrogens with zero attached hydrogens (tertiary/aromatic N) is 2. The molecule has 0 aliphatic heterocycles. The smallest absolute Gasteiger partial charge is 0.160 e. The zero-order valence-corrected chi connectivity index (χ0v) is 6.78. The van der Waals surface area contributed by atoms with Crippen LogP contribution in [0.2, 0.25) is 5.02 Å². The van der Waals surface area contributed by atoms with E-state index in [-0.39, 0.29) is 5.75 Å². The number of rotatable bonds is 0. The van der Waals surface area contributed by atoms with Crippen LogP contribution in [0.3, 0.4) is 0 Å². The van der Waals surface area contributed by atoms with Gasteiger partial charge < -0.3 is 5.11 Å². The predicted octanol–water partition coefficient (Wildman–Crippen LogP) is 1.99. The van der Waals surface area contributed by atoms with Crippen molar-refractivity contribution in [2.45, 2.75) is 0 Å². The molecule has 1 aromatic carbocycles. The SMILES string of the molecule is Oc1c(Cl)ccc2cncnc12. The Balaban J connectivity index is 2.91. The van der Waals surface area contributed by atoms with E-state index in [2.05, 4.69) is 9.97 Å². The van der Waals surface area contributed by atoms with Gasteiger partial charge in [-0.2, -0.15) is 0 Å². The van der Waals surface area contributed by atoms with Crippen LogP contribution in [0.4, 0.5) is 0 Å². The summed E-state index contributed by atoms with van der Waals surface area (Å²) in [7, 11) is 0. The van der Waals surface area contributed by atoms with E-state index in [4.69, 9.17) is 11.6 Å². The minimum Gasteiger partial charge on any atom is -0.504 e. The summed E-state index contributed by atoms with van der Waals surface area (Å²) < 4.78 is 0. The second-order valence-corrected chi connectivity index (χ2v) is 2.76. The van der Waals surface area contributed by atoms with E-state index in [1.807, 2.05) is 0 Å². The summed E-state index contributed by atoms with van der Waals surface area (Å²) in [4.78, 5) is 7.71. The van der Waals surface area contributed by atoms with E-state index in [0.29, 0.717) is 10.5 Å². The molecule has 2 rings (SSSR count). The molecule has 0 unspecified atom stereocenters.